The molecule has 1 saturated heterocycles. The van der Waals surface area contributed by atoms with E-state index in [1.807, 2.05) is 12.1 Å². The highest BCUT2D eigenvalue weighted by molar-refractivity contribution is 5.88. The fraction of sp³-hybridized carbons (Fsp3) is 0.552. The molecule has 34 heavy (non-hydrogen) atoms. The molecule has 5 heteroatoms. The minimum Gasteiger partial charge on any atom is -0.478 e. The highest BCUT2D eigenvalue weighted by atomic mass is 16.5. The largest absolute Gasteiger partial charge is 0.478 e. The lowest BCUT2D eigenvalue weighted by atomic mass is 9.56. The minimum absolute atomic E-state index is 0.102. The van der Waals surface area contributed by atoms with Crippen molar-refractivity contribution in [1.29, 1.82) is 0 Å². The summed E-state index contributed by atoms with van der Waals surface area (Å²) >= 11 is 0. The summed E-state index contributed by atoms with van der Waals surface area (Å²) in [5.41, 5.74) is 3.21. The number of aryl methyl sites for hydroxylation is 1. The Morgan fingerprint density at radius 3 is 2.62 bits per heavy atom. The molecule has 2 aliphatic carbocycles. The van der Waals surface area contributed by atoms with Crippen LogP contribution >= 0.6 is 0 Å². The molecule has 2 aromatic carbocycles. The molecule has 182 valence electrons. The van der Waals surface area contributed by atoms with Crippen LogP contribution in [0.3, 0.4) is 0 Å². The van der Waals surface area contributed by atoms with Crippen LogP contribution in [0.5, 0.6) is 0 Å². The van der Waals surface area contributed by atoms with Crippen molar-refractivity contribution in [2.24, 2.45) is 5.92 Å². The molecule has 0 spiro atoms. The van der Waals surface area contributed by atoms with Crippen LogP contribution < -0.4 is 0 Å². The predicted octanol–water partition coefficient (Wildman–Crippen LogP) is 4.93. The van der Waals surface area contributed by atoms with Crippen LogP contribution in [-0.2, 0) is 27.7 Å². The lowest BCUT2D eigenvalue weighted by Crippen LogP contribution is -2.51. The molecule has 2 fully saturated rings. The zero-order valence-electron chi connectivity index (χ0n) is 19.9. The third-order valence-corrected chi connectivity index (χ3v) is 8.45. The van der Waals surface area contributed by atoms with E-state index in [-0.39, 0.29) is 11.5 Å². The first-order valence-corrected chi connectivity index (χ1v) is 12.8. The monoisotopic (exact) mass is 464 g/mol. The number of carboxylic acid groups (broad SMARTS) is 1. The van der Waals surface area contributed by atoms with Crippen molar-refractivity contribution in [3.05, 3.63) is 70.8 Å². The number of aliphatic hydroxyl groups is 1. The predicted molar refractivity (Wildman–Crippen MR) is 130 cm³/mol. The van der Waals surface area contributed by atoms with E-state index in [2.05, 4.69) is 30.3 Å². The van der Waals surface area contributed by atoms with Crippen molar-refractivity contribution in [2.75, 3.05) is 19.8 Å². The van der Waals surface area contributed by atoms with E-state index in [1.165, 1.54) is 16.7 Å². The topological polar surface area (TPSA) is 76.0 Å². The second-order valence-corrected chi connectivity index (χ2v) is 10.6. The van der Waals surface area contributed by atoms with Gasteiger partial charge in [-0.05, 0) is 92.5 Å². The van der Waals surface area contributed by atoms with Crippen LogP contribution in [0.4, 0.5) is 0 Å². The highest BCUT2D eigenvalue weighted by Crippen LogP contribution is 2.53. The third kappa shape index (κ3) is 4.79. The molecule has 3 atom stereocenters. The van der Waals surface area contributed by atoms with Crippen molar-refractivity contribution in [3.63, 3.8) is 0 Å². The Morgan fingerprint density at radius 1 is 1.06 bits per heavy atom. The van der Waals surface area contributed by atoms with Gasteiger partial charge in [0.1, 0.15) is 0 Å². The van der Waals surface area contributed by atoms with E-state index in [9.17, 15) is 15.0 Å². The lowest BCUT2D eigenvalue weighted by Gasteiger charge is -2.50. The van der Waals surface area contributed by atoms with Gasteiger partial charge in [-0.3, -0.25) is 0 Å². The molecule has 1 saturated carbocycles. The summed E-state index contributed by atoms with van der Waals surface area (Å²) in [6, 6.07) is 16.3. The SMILES string of the molecule is O=C(O)c1ccc2c(c1)CCC[C@H]1C[C@@](O)(COC3CCOCC3)CC[C@@]21Cc1ccccc1. The molecule has 2 N–H and O–H groups in total. The molecule has 0 bridgehead atoms. The zero-order chi connectivity index (χ0) is 23.6. The fourth-order valence-corrected chi connectivity index (χ4v) is 6.64. The molecule has 1 heterocycles. The van der Waals surface area contributed by atoms with Crippen LogP contribution in [0.2, 0.25) is 0 Å². The van der Waals surface area contributed by atoms with Gasteiger partial charge in [-0.2, -0.15) is 0 Å². The first-order valence-electron chi connectivity index (χ1n) is 12.8. The average molecular weight is 465 g/mol. The van der Waals surface area contributed by atoms with Gasteiger partial charge in [0.15, 0.2) is 0 Å². The number of aromatic carboxylic acids is 1. The molecular formula is C29H36O5. The van der Waals surface area contributed by atoms with Gasteiger partial charge in [0.25, 0.3) is 0 Å². The summed E-state index contributed by atoms with van der Waals surface area (Å²) in [5.74, 6) is -0.550. The van der Waals surface area contributed by atoms with Gasteiger partial charge in [-0.25, -0.2) is 4.79 Å². The normalized spacial score (nSPS) is 29.6. The number of hydrogen-bond donors (Lipinski definition) is 2. The summed E-state index contributed by atoms with van der Waals surface area (Å²) in [6.07, 6.45) is 8.11. The van der Waals surface area contributed by atoms with E-state index in [0.717, 1.165) is 64.6 Å². The number of hydrogen-bond acceptors (Lipinski definition) is 4. The Balaban J connectivity index is 1.45. The molecule has 0 unspecified atom stereocenters. The molecule has 5 rings (SSSR count). The molecule has 0 amide bonds. The van der Waals surface area contributed by atoms with Gasteiger partial charge in [-0.15, -0.1) is 0 Å². The van der Waals surface area contributed by atoms with Crippen molar-refractivity contribution >= 4 is 5.97 Å². The van der Waals surface area contributed by atoms with E-state index in [1.54, 1.807) is 6.07 Å². The van der Waals surface area contributed by atoms with Crippen molar-refractivity contribution in [1.82, 2.24) is 0 Å². The van der Waals surface area contributed by atoms with Gasteiger partial charge in [0.05, 0.1) is 23.9 Å². The Kier molecular flexibility index (Phi) is 6.79. The summed E-state index contributed by atoms with van der Waals surface area (Å²) in [7, 11) is 0. The first kappa shape index (κ1) is 23.5. The van der Waals surface area contributed by atoms with Crippen molar-refractivity contribution < 1.29 is 24.5 Å². The van der Waals surface area contributed by atoms with E-state index >= 15 is 0 Å². The Bertz CT molecular complexity index is 999. The smallest absolute Gasteiger partial charge is 0.335 e. The Hall–Kier alpha value is -2.21. The summed E-state index contributed by atoms with van der Waals surface area (Å²) < 4.78 is 11.7. The summed E-state index contributed by atoms with van der Waals surface area (Å²) in [4.78, 5) is 11.7. The van der Waals surface area contributed by atoms with E-state index < -0.39 is 11.6 Å². The average Bonchev–Trinajstić information content (AvgIpc) is 3.00. The maximum atomic E-state index is 11.7. The number of benzene rings is 2. The van der Waals surface area contributed by atoms with Gasteiger partial charge in [0.2, 0.25) is 0 Å². The Labute approximate surface area is 202 Å². The molecule has 3 aliphatic rings. The van der Waals surface area contributed by atoms with Gasteiger partial charge < -0.3 is 19.7 Å². The number of fused-ring (bicyclic) bond motifs is 3. The third-order valence-electron chi connectivity index (χ3n) is 8.45. The fourth-order valence-electron chi connectivity index (χ4n) is 6.64. The van der Waals surface area contributed by atoms with Crippen LogP contribution in [0, 0.1) is 5.92 Å². The van der Waals surface area contributed by atoms with Crippen molar-refractivity contribution in [2.45, 2.75) is 74.9 Å². The van der Waals surface area contributed by atoms with Gasteiger partial charge in [0, 0.05) is 18.6 Å². The highest BCUT2D eigenvalue weighted by Gasteiger charge is 2.51. The molecular weight excluding hydrogens is 428 g/mol. The van der Waals surface area contributed by atoms with Crippen LogP contribution in [0.25, 0.3) is 0 Å². The second kappa shape index (κ2) is 9.80. The van der Waals surface area contributed by atoms with Gasteiger partial charge >= 0.3 is 5.97 Å². The standard InChI is InChI=1S/C29H36O5/c30-27(31)23-9-10-26-22(17-23)7-4-8-24-19-28(32,20-34-25-11-15-33-16-12-25)13-14-29(24,26)18-21-5-2-1-3-6-21/h1-3,5-6,9-10,17,24-25,32H,4,7-8,11-16,18-20H2,(H,30,31)/t24-,28+,29-/m0/s1. The maximum Gasteiger partial charge on any atom is 0.335 e. The second-order valence-electron chi connectivity index (χ2n) is 10.6. The quantitative estimate of drug-likeness (QED) is 0.634. The zero-order valence-corrected chi connectivity index (χ0v) is 19.9. The van der Waals surface area contributed by atoms with Gasteiger partial charge in [-0.1, -0.05) is 36.4 Å². The lowest BCUT2D eigenvalue weighted by molar-refractivity contribution is -0.129. The van der Waals surface area contributed by atoms with Crippen LogP contribution in [0.1, 0.15) is 72.0 Å². The summed E-state index contributed by atoms with van der Waals surface area (Å²) in [6.45, 7) is 1.86. The van der Waals surface area contributed by atoms with E-state index in [4.69, 9.17) is 9.47 Å². The molecule has 2 aromatic rings. The number of ether oxygens (including phenoxy) is 2. The minimum atomic E-state index is -0.871. The number of carbonyl (C=O) groups is 1. The molecule has 0 radical (unpaired) electrons. The Morgan fingerprint density at radius 2 is 1.85 bits per heavy atom. The molecule has 1 aliphatic heterocycles. The number of rotatable bonds is 6. The summed E-state index contributed by atoms with van der Waals surface area (Å²) in [5, 5.41) is 21.2. The molecule has 5 nitrogen and oxygen atoms in total. The first-order chi connectivity index (χ1) is 16.5. The van der Waals surface area contributed by atoms with Crippen molar-refractivity contribution in [3.8, 4) is 0 Å². The van der Waals surface area contributed by atoms with Crippen LogP contribution in [-0.4, -0.2) is 47.7 Å². The van der Waals surface area contributed by atoms with Crippen LogP contribution in [0.15, 0.2) is 48.5 Å². The maximum absolute atomic E-state index is 11.7. The van der Waals surface area contributed by atoms with E-state index in [0.29, 0.717) is 24.5 Å². The molecule has 0 aromatic heterocycles. The number of carboxylic acids is 1.